The molecule has 0 rings (SSSR count). The fraction of sp³-hybridized carbons (Fsp3) is 0.971. The molecule has 0 heterocycles. The summed E-state index contributed by atoms with van der Waals surface area (Å²) in [4.78, 5) is 12.7. The van der Waals surface area contributed by atoms with Crippen LogP contribution in [-0.4, -0.2) is 71.2 Å². The van der Waals surface area contributed by atoms with Gasteiger partial charge in [0, 0.05) is 18.5 Å². The van der Waals surface area contributed by atoms with Crippen molar-refractivity contribution in [1.82, 2.24) is 5.32 Å². The smallest absolute Gasteiger partial charge is 0.161 e. The Bertz CT molecular complexity index is 519. The SMILES string of the molecule is CCCCCCCC(CCCCC)NCCOCCOCCOCCOCC(=O)C(CCCCC)CCCCCC. The van der Waals surface area contributed by atoms with Crippen LogP contribution in [0.1, 0.15) is 150 Å². The van der Waals surface area contributed by atoms with Gasteiger partial charge in [-0.25, -0.2) is 0 Å². The highest BCUT2D eigenvalue weighted by Gasteiger charge is 2.17. The second-order valence-corrected chi connectivity index (χ2v) is 11.7. The first kappa shape index (κ1) is 40.5. The number of Topliss-reactive ketones (excluding diaryl/α,β-unsaturated/α-hetero) is 1. The monoisotopic (exact) mass is 586 g/mol. The van der Waals surface area contributed by atoms with Crippen LogP contribution in [0.4, 0.5) is 0 Å². The van der Waals surface area contributed by atoms with Gasteiger partial charge in [-0.3, -0.25) is 4.79 Å². The van der Waals surface area contributed by atoms with Crippen molar-refractivity contribution in [2.45, 2.75) is 156 Å². The lowest BCUT2D eigenvalue weighted by Gasteiger charge is -2.19. The molecule has 0 bridgehead atoms. The molecule has 0 radical (unpaired) electrons. The Morgan fingerprint density at radius 2 is 0.878 bits per heavy atom. The van der Waals surface area contributed by atoms with Crippen LogP contribution in [0.5, 0.6) is 0 Å². The molecular formula is C35H71NO5. The second-order valence-electron chi connectivity index (χ2n) is 11.7. The zero-order chi connectivity index (χ0) is 30.1. The van der Waals surface area contributed by atoms with Crippen LogP contribution in [0.2, 0.25) is 0 Å². The molecule has 0 aliphatic carbocycles. The molecule has 0 saturated carbocycles. The van der Waals surface area contributed by atoms with Crippen molar-refractivity contribution in [3.63, 3.8) is 0 Å². The molecule has 246 valence electrons. The molecule has 0 saturated heterocycles. The fourth-order valence-corrected chi connectivity index (χ4v) is 5.19. The van der Waals surface area contributed by atoms with Crippen molar-refractivity contribution >= 4 is 5.78 Å². The number of carbonyl (C=O) groups is 1. The average Bonchev–Trinajstić information content (AvgIpc) is 2.98. The summed E-state index contributed by atoms with van der Waals surface area (Å²) in [5, 5.41) is 3.72. The molecule has 0 aromatic carbocycles. The second kappa shape index (κ2) is 34.0. The number of carbonyl (C=O) groups excluding carboxylic acids is 1. The van der Waals surface area contributed by atoms with Crippen molar-refractivity contribution in [3.05, 3.63) is 0 Å². The molecule has 1 N–H and O–H groups in total. The van der Waals surface area contributed by atoms with Crippen LogP contribution in [-0.2, 0) is 23.7 Å². The van der Waals surface area contributed by atoms with Crippen LogP contribution in [0.3, 0.4) is 0 Å². The number of ether oxygens (including phenoxy) is 4. The van der Waals surface area contributed by atoms with E-state index < -0.39 is 0 Å². The van der Waals surface area contributed by atoms with Gasteiger partial charge >= 0.3 is 0 Å². The van der Waals surface area contributed by atoms with E-state index in [-0.39, 0.29) is 18.3 Å². The van der Waals surface area contributed by atoms with Crippen molar-refractivity contribution < 1.29 is 23.7 Å². The maximum Gasteiger partial charge on any atom is 0.161 e. The molecule has 0 aliphatic rings. The number of unbranched alkanes of at least 4 members (excludes halogenated alkanes) is 11. The summed E-state index contributed by atoms with van der Waals surface area (Å²) >= 11 is 0. The maximum atomic E-state index is 12.7. The Hall–Kier alpha value is -0.530. The molecule has 41 heavy (non-hydrogen) atoms. The van der Waals surface area contributed by atoms with Gasteiger partial charge in [0.25, 0.3) is 0 Å². The Kier molecular flexibility index (Phi) is 33.5. The predicted octanol–water partition coefficient (Wildman–Crippen LogP) is 8.69. The maximum absolute atomic E-state index is 12.7. The lowest BCUT2D eigenvalue weighted by Crippen LogP contribution is -2.32. The van der Waals surface area contributed by atoms with Crippen molar-refractivity contribution in [3.8, 4) is 0 Å². The van der Waals surface area contributed by atoms with Gasteiger partial charge in [0.2, 0.25) is 0 Å². The largest absolute Gasteiger partial charge is 0.378 e. The molecule has 0 aromatic heterocycles. The highest BCUT2D eigenvalue weighted by atomic mass is 16.6. The van der Waals surface area contributed by atoms with Crippen molar-refractivity contribution in [2.75, 3.05) is 59.4 Å². The first-order valence-corrected chi connectivity index (χ1v) is 17.8. The molecule has 2 unspecified atom stereocenters. The molecule has 0 aliphatic heterocycles. The summed E-state index contributed by atoms with van der Waals surface area (Å²) in [6.45, 7) is 14.1. The Balaban J connectivity index is 3.72. The van der Waals surface area contributed by atoms with Crippen LogP contribution in [0.15, 0.2) is 0 Å². The number of rotatable bonds is 35. The highest BCUT2D eigenvalue weighted by Crippen LogP contribution is 2.19. The third-order valence-electron chi connectivity index (χ3n) is 7.87. The van der Waals surface area contributed by atoms with E-state index in [0.29, 0.717) is 45.7 Å². The minimum atomic E-state index is 0.165. The van der Waals surface area contributed by atoms with Crippen molar-refractivity contribution in [2.24, 2.45) is 5.92 Å². The topological polar surface area (TPSA) is 66.0 Å². The van der Waals surface area contributed by atoms with Gasteiger partial charge in [-0.2, -0.15) is 0 Å². The van der Waals surface area contributed by atoms with Gasteiger partial charge in [-0.1, -0.05) is 124 Å². The molecule has 0 aromatic rings. The van der Waals surface area contributed by atoms with Crippen LogP contribution < -0.4 is 5.32 Å². The number of nitrogens with one attached hydrogen (secondary N) is 1. The highest BCUT2D eigenvalue weighted by molar-refractivity contribution is 5.82. The van der Waals surface area contributed by atoms with E-state index in [1.54, 1.807) is 0 Å². The lowest BCUT2D eigenvalue weighted by atomic mass is 9.91. The molecule has 0 spiro atoms. The van der Waals surface area contributed by atoms with Crippen LogP contribution in [0.25, 0.3) is 0 Å². The standard InChI is InChI=1S/C35H71NO5/c1-5-9-13-15-19-23-34(22-17-12-8-4)36-24-25-38-26-27-39-28-29-40-30-31-41-32-35(37)33(20-16-11-7-3)21-18-14-10-6-2/h33-34,36H,5-32H2,1-4H3. The zero-order valence-electron chi connectivity index (χ0n) is 28.0. The molecule has 0 fully saturated rings. The lowest BCUT2D eigenvalue weighted by molar-refractivity contribution is -0.128. The number of hydrogen-bond donors (Lipinski definition) is 1. The van der Waals surface area contributed by atoms with Gasteiger partial charge in [0.05, 0.1) is 46.2 Å². The molecule has 6 nitrogen and oxygen atoms in total. The normalized spacial score (nSPS) is 13.1. The van der Waals surface area contributed by atoms with Crippen LogP contribution in [0, 0.1) is 5.92 Å². The summed E-state index contributed by atoms with van der Waals surface area (Å²) in [6, 6.07) is 0.630. The van der Waals surface area contributed by atoms with Crippen molar-refractivity contribution in [1.29, 1.82) is 0 Å². The van der Waals surface area contributed by atoms with E-state index in [1.807, 2.05) is 0 Å². The van der Waals surface area contributed by atoms with E-state index in [0.717, 1.165) is 38.8 Å². The summed E-state index contributed by atoms with van der Waals surface area (Å²) in [5.41, 5.74) is 0. The summed E-state index contributed by atoms with van der Waals surface area (Å²) in [7, 11) is 0. The third kappa shape index (κ3) is 29.3. The molecule has 0 amide bonds. The van der Waals surface area contributed by atoms with Gasteiger partial charge in [0.15, 0.2) is 5.78 Å². The number of hydrogen-bond acceptors (Lipinski definition) is 6. The first-order valence-electron chi connectivity index (χ1n) is 17.8. The quantitative estimate of drug-likeness (QED) is 0.0751. The summed E-state index contributed by atoms with van der Waals surface area (Å²) in [6.07, 6.45) is 23.7. The van der Waals surface area contributed by atoms with E-state index in [2.05, 4.69) is 33.0 Å². The first-order chi connectivity index (χ1) is 20.2. The van der Waals surface area contributed by atoms with Gasteiger partial charge in [0.1, 0.15) is 6.61 Å². The number of ketones is 1. The Labute approximate surface area is 255 Å². The van der Waals surface area contributed by atoms with E-state index in [9.17, 15) is 4.79 Å². The molecule has 2 atom stereocenters. The summed E-state index contributed by atoms with van der Waals surface area (Å²) < 4.78 is 22.6. The van der Waals surface area contributed by atoms with Crippen LogP contribution >= 0.6 is 0 Å². The molecular weight excluding hydrogens is 514 g/mol. The average molecular weight is 586 g/mol. The fourth-order valence-electron chi connectivity index (χ4n) is 5.19. The minimum Gasteiger partial charge on any atom is -0.378 e. The Morgan fingerprint density at radius 1 is 0.488 bits per heavy atom. The van der Waals surface area contributed by atoms with Gasteiger partial charge < -0.3 is 24.3 Å². The summed E-state index contributed by atoms with van der Waals surface area (Å²) in [5.74, 6) is 0.434. The minimum absolute atomic E-state index is 0.165. The van der Waals surface area contributed by atoms with E-state index >= 15 is 0 Å². The third-order valence-corrected chi connectivity index (χ3v) is 7.87. The van der Waals surface area contributed by atoms with Gasteiger partial charge in [-0.15, -0.1) is 0 Å². The van der Waals surface area contributed by atoms with E-state index in [4.69, 9.17) is 18.9 Å². The zero-order valence-corrected chi connectivity index (χ0v) is 28.0. The Morgan fingerprint density at radius 3 is 1.44 bits per heavy atom. The van der Waals surface area contributed by atoms with E-state index in [1.165, 1.54) is 96.3 Å². The predicted molar refractivity (Wildman–Crippen MR) is 174 cm³/mol. The van der Waals surface area contributed by atoms with Gasteiger partial charge in [-0.05, 0) is 25.7 Å². The molecule has 6 heteroatoms.